The quantitative estimate of drug-likeness (QED) is 0.733. The van der Waals surface area contributed by atoms with E-state index in [9.17, 15) is 9.90 Å². The molecule has 0 unspecified atom stereocenters. The van der Waals surface area contributed by atoms with Gasteiger partial charge in [0.15, 0.2) is 0 Å². The molecule has 3 aromatic carbocycles. The van der Waals surface area contributed by atoms with Crippen LogP contribution in [0.2, 0.25) is 0 Å². The number of benzene rings is 3. The lowest BCUT2D eigenvalue weighted by Gasteiger charge is -2.29. The van der Waals surface area contributed by atoms with Crippen LogP contribution in [0.25, 0.3) is 0 Å². The third-order valence-corrected chi connectivity index (χ3v) is 5.13. The number of aromatic hydroxyl groups is 1. The smallest absolute Gasteiger partial charge is 0.248 e. The van der Waals surface area contributed by atoms with E-state index in [0.29, 0.717) is 13.1 Å². The number of carbonyl (C=O) groups excluding carboxylic acids is 1. The number of ether oxygens (including phenoxy) is 1. The molecule has 4 rings (SSSR count). The zero-order chi connectivity index (χ0) is 19.3. The molecule has 0 aromatic heterocycles. The third-order valence-electron chi connectivity index (χ3n) is 5.13. The van der Waals surface area contributed by atoms with E-state index in [0.717, 1.165) is 23.1 Å². The predicted molar refractivity (Wildman–Crippen MR) is 108 cm³/mol. The van der Waals surface area contributed by atoms with Gasteiger partial charge >= 0.3 is 0 Å². The Hall–Kier alpha value is -3.11. The summed E-state index contributed by atoms with van der Waals surface area (Å²) < 4.78 is 6.10. The van der Waals surface area contributed by atoms with Gasteiger partial charge < -0.3 is 14.7 Å². The van der Waals surface area contributed by atoms with Crippen molar-refractivity contribution < 1.29 is 14.6 Å². The van der Waals surface area contributed by atoms with Crippen LogP contribution in [0.4, 0.5) is 0 Å². The van der Waals surface area contributed by atoms with Gasteiger partial charge in [-0.25, -0.2) is 0 Å². The Bertz CT molecular complexity index is 901. The minimum atomic E-state index is -0.285. The topological polar surface area (TPSA) is 49.8 Å². The molecule has 1 aliphatic heterocycles. The summed E-state index contributed by atoms with van der Waals surface area (Å²) in [6, 6.07) is 25.3. The van der Waals surface area contributed by atoms with Gasteiger partial charge in [0.1, 0.15) is 18.5 Å². The zero-order valence-electron chi connectivity index (χ0n) is 15.6. The van der Waals surface area contributed by atoms with Gasteiger partial charge in [0.05, 0.1) is 0 Å². The number of fused-ring (bicyclic) bond motifs is 1. The van der Waals surface area contributed by atoms with Gasteiger partial charge in [-0.1, -0.05) is 66.7 Å². The summed E-state index contributed by atoms with van der Waals surface area (Å²) in [4.78, 5) is 14.6. The monoisotopic (exact) mass is 373 g/mol. The molecule has 3 aromatic rings. The fraction of sp³-hybridized carbons (Fsp3) is 0.208. The van der Waals surface area contributed by atoms with Gasteiger partial charge in [0.25, 0.3) is 0 Å². The normalized spacial score (nSPS) is 13.4. The van der Waals surface area contributed by atoms with Crippen molar-refractivity contribution in [3.05, 3.63) is 101 Å². The van der Waals surface area contributed by atoms with Crippen molar-refractivity contribution in [1.29, 1.82) is 0 Å². The standard InChI is InChI=1S/C24H23NO3/c26-22-12-11-18-13-14-25(16-21(18)15-22)23(27)17-28-24(19-7-3-1-4-8-19)20-9-5-2-6-10-20/h1-12,15,24,26H,13-14,16-17H2. The molecule has 1 aliphatic rings. The summed E-state index contributed by atoms with van der Waals surface area (Å²) in [7, 11) is 0. The Morgan fingerprint density at radius 3 is 2.21 bits per heavy atom. The van der Waals surface area contributed by atoms with Crippen LogP contribution >= 0.6 is 0 Å². The van der Waals surface area contributed by atoms with Crippen LogP contribution in [0, 0.1) is 0 Å². The summed E-state index contributed by atoms with van der Waals surface area (Å²) in [6.45, 7) is 1.19. The van der Waals surface area contributed by atoms with Crippen molar-refractivity contribution in [2.45, 2.75) is 19.1 Å². The van der Waals surface area contributed by atoms with Gasteiger partial charge in [-0.3, -0.25) is 4.79 Å². The summed E-state index contributed by atoms with van der Waals surface area (Å²) in [6.07, 6.45) is 0.509. The average Bonchev–Trinajstić information content (AvgIpc) is 2.74. The molecule has 28 heavy (non-hydrogen) atoms. The minimum Gasteiger partial charge on any atom is -0.508 e. The molecule has 0 saturated carbocycles. The van der Waals surface area contributed by atoms with E-state index in [4.69, 9.17) is 4.74 Å². The molecule has 1 N–H and O–H groups in total. The SMILES string of the molecule is O=C(COC(c1ccccc1)c1ccccc1)N1CCc2ccc(O)cc2C1. The maximum absolute atomic E-state index is 12.8. The Kier molecular flexibility index (Phi) is 5.40. The zero-order valence-corrected chi connectivity index (χ0v) is 15.6. The van der Waals surface area contributed by atoms with E-state index < -0.39 is 0 Å². The van der Waals surface area contributed by atoms with Crippen molar-refractivity contribution in [2.24, 2.45) is 0 Å². The largest absolute Gasteiger partial charge is 0.508 e. The molecule has 0 saturated heterocycles. The molecule has 4 nitrogen and oxygen atoms in total. The number of hydrogen-bond acceptors (Lipinski definition) is 3. The molecular formula is C24H23NO3. The lowest BCUT2D eigenvalue weighted by atomic mass is 9.99. The number of amides is 1. The molecule has 0 aliphatic carbocycles. The van der Waals surface area contributed by atoms with Crippen LogP contribution in [0.3, 0.4) is 0 Å². The Labute approximate surface area is 165 Å². The molecule has 0 spiro atoms. The maximum atomic E-state index is 12.8. The number of carbonyl (C=O) groups is 1. The summed E-state index contributed by atoms with van der Waals surface area (Å²) in [5.74, 6) is 0.198. The van der Waals surface area contributed by atoms with E-state index in [1.807, 2.05) is 66.7 Å². The van der Waals surface area contributed by atoms with Crippen LogP contribution in [0.1, 0.15) is 28.4 Å². The highest BCUT2D eigenvalue weighted by Gasteiger charge is 2.23. The Morgan fingerprint density at radius 1 is 0.929 bits per heavy atom. The molecule has 0 fully saturated rings. The fourth-order valence-electron chi connectivity index (χ4n) is 3.64. The first-order valence-electron chi connectivity index (χ1n) is 9.51. The summed E-state index contributed by atoms with van der Waals surface area (Å²) in [5, 5.41) is 9.71. The lowest BCUT2D eigenvalue weighted by Crippen LogP contribution is -2.38. The number of hydrogen-bond donors (Lipinski definition) is 1. The van der Waals surface area contributed by atoms with Crippen molar-refractivity contribution >= 4 is 5.91 Å². The third kappa shape index (κ3) is 4.07. The van der Waals surface area contributed by atoms with Gasteiger partial charge in [-0.15, -0.1) is 0 Å². The van der Waals surface area contributed by atoms with E-state index >= 15 is 0 Å². The number of phenols is 1. The first-order valence-corrected chi connectivity index (χ1v) is 9.51. The highest BCUT2D eigenvalue weighted by atomic mass is 16.5. The van der Waals surface area contributed by atoms with Crippen LogP contribution in [-0.2, 0) is 22.5 Å². The molecule has 0 bridgehead atoms. The van der Waals surface area contributed by atoms with Crippen LogP contribution in [0.15, 0.2) is 78.9 Å². The van der Waals surface area contributed by atoms with Crippen LogP contribution in [-0.4, -0.2) is 29.1 Å². The second-order valence-corrected chi connectivity index (χ2v) is 7.03. The lowest BCUT2D eigenvalue weighted by molar-refractivity contribution is -0.138. The molecule has 0 radical (unpaired) electrons. The average molecular weight is 373 g/mol. The predicted octanol–water partition coefficient (Wildman–Crippen LogP) is 4.08. The fourth-order valence-corrected chi connectivity index (χ4v) is 3.64. The number of rotatable bonds is 5. The van der Waals surface area contributed by atoms with Gasteiger partial charge in [-0.05, 0) is 40.8 Å². The molecule has 142 valence electrons. The highest BCUT2D eigenvalue weighted by Crippen LogP contribution is 2.27. The minimum absolute atomic E-state index is 0.0165. The molecule has 0 atom stereocenters. The Balaban J connectivity index is 1.46. The van der Waals surface area contributed by atoms with Crippen LogP contribution in [0.5, 0.6) is 5.75 Å². The van der Waals surface area contributed by atoms with E-state index in [1.165, 1.54) is 5.56 Å². The van der Waals surface area contributed by atoms with Gasteiger partial charge in [0, 0.05) is 13.1 Å². The first kappa shape index (κ1) is 18.3. The number of phenolic OH excluding ortho intramolecular Hbond substituents is 1. The summed E-state index contributed by atoms with van der Waals surface area (Å²) in [5.41, 5.74) is 4.24. The highest BCUT2D eigenvalue weighted by molar-refractivity contribution is 5.78. The van der Waals surface area contributed by atoms with Crippen molar-refractivity contribution in [3.8, 4) is 5.75 Å². The van der Waals surface area contributed by atoms with Gasteiger partial charge in [-0.2, -0.15) is 0 Å². The number of nitrogens with zero attached hydrogens (tertiary/aromatic N) is 1. The molecule has 1 heterocycles. The van der Waals surface area contributed by atoms with Crippen LogP contribution < -0.4 is 0 Å². The summed E-state index contributed by atoms with van der Waals surface area (Å²) >= 11 is 0. The van der Waals surface area contributed by atoms with E-state index in [-0.39, 0.29) is 24.4 Å². The van der Waals surface area contributed by atoms with Crippen molar-refractivity contribution in [1.82, 2.24) is 4.90 Å². The molecular weight excluding hydrogens is 350 g/mol. The second-order valence-electron chi connectivity index (χ2n) is 7.03. The Morgan fingerprint density at radius 2 is 1.57 bits per heavy atom. The molecule has 4 heteroatoms. The second kappa shape index (κ2) is 8.28. The molecule has 1 amide bonds. The first-order chi connectivity index (χ1) is 13.7. The maximum Gasteiger partial charge on any atom is 0.248 e. The van der Waals surface area contributed by atoms with E-state index in [1.54, 1.807) is 17.0 Å². The van der Waals surface area contributed by atoms with Gasteiger partial charge in [0.2, 0.25) is 5.91 Å². The van der Waals surface area contributed by atoms with Crippen molar-refractivity contribution in [3.63, 3.8) is 0 Å². The van der Waals surface area contributed by atoms with Crippen molar-refractivity contribution in [2.75, 3.05) is 13.2 Å². The van der Waals surface area contributed by atoms with E-state index in [2.05, 4.69) is 0 Å².